The molecule has 0 spiro atoms. The Kier molecular flexibility index (Phi) is 4.65. The Morgan fingerprint density at radius 3 is 2.88 bits per heavy atom. The first-order valence-electron chi connectivity index (χ1n) is 6.17. The number of anilines is 1. The minimum Gasteiger partial charge on any atom is -0.384 e. The van der Waals surface area contributed by atoms with Crippen molar-refractivity contribution >= 4 is 5.69 Å². The van der Waals surface area contributed by atoms with Gasteiger partial charge in [-0.25, -0.2) is 0 Å². The van der Waals surface area contributed by atoms with Crippen molar-refractivity contribution in [2.45, 2.75) is 6.42 Å². The van der Waals surface area contributed by atoms with Gasteiger partial charge in [-0.3, -0.25) is 0 Å². The van der Waals surface area contributed by atoms with Gasteiger partial charge in [-0.1, -0.05) is 18.2 Å². The zero-order valence-corrected chi connectivity index (χ0v) is 9.78. The van der Waals surface area contributed by atoms with Crippen LogP contribution in [0.4, 0.5) is 5.69 Å². The highest BCUT2D eigenvalue weighted by molar-refractivity contribution is 5.42. The van der Waals surface area contributed by atoms with Gasteiger partial charge in [0.25, 0.3) is 0 Å². The smallest absolute Gasteiger partial charge is 0.0340 e. The van der Waals surface area contributed by atoms with Gasteiger partial charge in [-0.05, 0) is 31.6 Å². The molecule has 16 heavy (non-hydrogen) atoms. The van der Waals surface area contributed by atoms with Gasteiger partial charge in [-0.15, -0.1) is 0 Å². The molecular weight excluding hydrogens is 198 g/mol. The summed E-state index contributed by atoms with van der Waals surface area (Å²) in [5, 5.41) is 6.87. The van der Waals surface area contributed by atoms with Crippen LogP contribution in [-0.2, 0) is 0 Å². The van der Waals surface area contributed by atoms with E-state index in [9.17, 15) is 0 Å². The zero-order valence-electron chi connectivity index (χ0n) is 9.78. The van der Waals surface area contributed by atoms with E-state index in [1.165, 1.54) is 31.7 Å². The summed E-state index contributed by atoms with van der Waals surface area (Å²) < 4.78 is 0. The number of nitrogens with zero attached hydrogens (tertiary/aromatic N) is 1. The van der Waals surface area contributed by atoms with Crippen LogP contribution in [-0.4, -0.2) is 44.2 Å². The molecule has 1 fully saturated rings. The van der Waals surface area contributed by atoms with Crippen LogP contribution >= 0.6 is 0 Å². The average Bonchev–Trinajstić information content (AvgIpc) is 2.59. The molecule has 0 bridgehead atoms. The number of nitrogens with one attached hydrogen (secondary N) is 2. The molecule has 2 rings (SSSR count). The summed E-state index contributed by atoms with van der Waals surface area (Å²) in [5.74, 6) is 0. The van der Waals surface area contributed by atoms with Crippen molar-refractivity contribution < 1.29 is 0 Å². The first-order chi connectivity index (χ1) is 7.95. The van der Waals surface area contributed by atoms with Gasteiger partial charge in [0.2, 0.25) is 0 Å². The van der Waals surface area contributed by atoms with Crippen molar-refractivity contribution in [2.75, 3.05) is 44.6 Å². The fourth-order valence-electron chi connectivity index (χ4n) is 2.04. The number of hydrogen-bond acceptors (Lipinski definition) is 3. The zero-order chi connectivity index (χ0) is 11.1. The van der Waals surface area contributed by atoms with E-state index in [2.05, 4.69) is 39.8 Å². The normalized spacial score (nSPS) is 18.0. The third-order valence-electron chi connectivity index (χ3n) is 2.96. The van der Waals surface area contributed by atoms with E-state index in [1.54, 1.807) is 0 Å². The summed E-state index contributed by atoms with van der Waals surface area (Å²) >= 11 is 0. The van der Waals surface area contributed by atoms with Crippen LogP contribution in [0.2, 0.25) is 0 Å². The molecule has 0 aliphatic carbocycles. The molecule has 0 radical (unpaired) electrons. The van der Waals surface area contributed by atoms with Crippen LogP contribution in [0, 0.1) is 0 Å². The molecule has 0 unspecified atom stereocenters. The van der Waals surface area contributed by atoms with Crippen LogP contribution in [0.1, 0.15) is 6.42 Å². The predicted octanol–water partition coefficient (Wildman–Crippen LogP) is 1.39. The topological polar surface area (TPSA) is 27.3 Å². The van der Waals surface area contributed by atoms with Gasteiger partial charge in [0, 0.05) is 31.9 Å². The van der Waals surface area contributed by atoms with E-state index in [0.717, 1.165) is 19.6 Å². The molecule has 1 heterocycles. The Morgan fingerprint density at radius 2 is 2.00 bits per heavy atom. The predicted molar refractivity (Wildman–Crippen MR) is 68.9 cm³/mol. The number of hydrogen-bond donors (Lipinski definition) is 2. The fourth-order valence-corrected chi connectivity index (χ4v) is 2.04. The molecule has 0 amide bonds. The van der Waals surface area contributed by atoms with E-state index in [0.29, 0.717) is 0 Å². The van der Waals surface area contributed by atoms with Gasteiger partial charge in [0.05, 0.1) is 0 Å². The van der Waals surface area contributed by atoms with Crippen LogP contribution in [0.5, 0.6) is 0 Å². The molecule has 3 heteroatoms. The Balaban J connectivity index is 1.67. The van der Waals surface area contributed by atoms with Crippen LogP contribution in [0.25, 0.3) is 0 Å². The second-order valence-electron chi connectivity index (χ2n) is 4.24. The molecule has 3 nitrogen and oxygen atoms in total. The lowest BCUT2D eigenvalue weighted by Gasteiger charge is -2.19. The van der Waals surface area contributed by atoms with E-state index in [1.807, 2.05) is 6.07 Å². The lowest BCUT2D eigenvalue weighted by atomic mass is 10.3. The largest absolute Gasteiger partial charge is 0.384 e. The number of rotatable bonds is 4. The first-order valence-corrected chi connectivity index (χ1v) is 6.17. The standard InChI is InChI=1S/C13H21N3/c1-2-5-13(6-3-1)15-9-12-16-10-4-7-14-8-11-16/h1-3,5-6,14-15H,4,7-12H2. The summed E-state index contributed by atoms with van der Waals surface area (Å²) in [6.07, 6.45) is 1.27. The Morgan fingerprint density at radius 1 is 1.12 bits per heavy atom. The van der Waals surface area contributed by atoms with Crippen molar-refractivity contribution in [3.05, 3.63) is 30.3 Å². The van der Waals surface area contributed by atoms with Crippen molar-refractivity contribution in [1.82, 2.24) is 10.2 Å². The number of benzene rings is 1. The number of para-hydroxylation sites is 1. The lowest BCUT2D eigenvalue weighted by molar-refractivity contribution is 0.304. The summed E-state index contributed by atoms with van der Waals surface area (Å²) in [4.78, 5) is 2.52. The maximum atomic E-state index is 3.45. The highest BCUT2D eigenvalue weighted by atomic mass is 15.2. The average molecular weight is 219 g/mol. The van der Waals surface area contributed by atoms with Crippen LogP contribution < -0.4 is 10.6 Å². The maximum Gasteiger partial charge on any atom is 0.0340 e. The second kappa shape index (κ2) is 6.51. The van der Waals surface area contributed by atoms with Crippen LogP contribution in [0.15, 0.2) is 30.3 Å². The lowest BCUT2D eigenvalue weighted by Crippen LogP contribution is -2.32. The van der Waals surface area contributed by atoms with Gasteiger partial charge < -0.3 is 15.5 Å². The van der Waals surface area contributed by atoms with Gasteiger partial charge in [0.1, 0.15) is 0 Å². The Labute approximate surface area is 97.8 Å². The minimum atomic E-state index is 1.03. The molecule has 1 saturated heterocycles. The fraction of sp³-hybridized carbons (Fsp3) is 0.538. The molecule has 1 aromatic rings. The van der Waals surface area contributed by atoms with Crippen molar-refractivity contribution in [2.24, 2.45) is 0 Å². The van der Waals surface area contributed by atoms with Gasteiger partial charge in [-0.2, -0.15) is 0 Å². The molecule has 1 aromatic carbocycles. The van der Waals surface area contributed by atoms with Crippen molar-refractivity contribution in [3.8, 4) is 0 Å². The molecule has 2 N–H and O–H groups in total. The molecule has 0 atom stereocenters. The van der Waals surface area contributed by atoms with E-state index in [-0.39, 0.29) is 0 Å². The monoisotopic (exact) mass is 219 g/mol. The molecule has 88 valence electrons. The van der Waals surface area contributed by atoms with Gasteiger partial charge >= 0.3 is 0 Å². The third-order valence-corrected chi connectivity index (χ3v) is 2.96. The highest BCUT2D eigenvalue weighted by Gasteiger charge is 2.07. The maximum absolute atomic E-state index is 3.45. The molecule has 1 aliphatic rings. The second-order valence-corrected chi connectivity index (χ2v) is 4.24. The van der Waals surface area contributed by atoms with Gasteiger partial charge in [0.15, 0.2) is 0 Å². The summed E-state index contributed by atoms with van der Waals surface area (Å²) in [6, 6.07) is 10.4. The Hall–Kier alpha value is -1.06. The van der Waals surface area contributed by atoms with E-state index >= 15 is 0 Å². The molecule has 0 aromatic heterocycles. The van der Waals surface area contributed by atoms with Crippen LogP contribution in [0.3, 0.4) is 0 Å². The summed E-state index contributed by atoms with van der Waals surface area (Å²) in [5.41, 5.74) is 1.22. The van der Waals surface area contributed by atoms with Crippen molar-refractivity contribution in [3.63, 3.8) is 0 Å². The van der Waals surface area contributed by atoms with E-state index in [4.69, 9.17) is 0 Å². The summed E-state index contributed by atoms with van der Waals surface area (Å²) in [6.45, 7) is 6.87. The quantitative estimate of drug-likeness (QED) is 0.801. The molecular formula is C13H21N3. The minimum absolute atomic E-state index is 1.03. The first kappa shape index (κ1) is 11.4. The molecule has 0 saturated carbocycles. The van der Waals surface area contributed by atoms with Crippen molar-refractivity contribution in [1.29, 1.82) is 0 Å². The summed E-state index contributed by atoms with van der Waals surface area (Å²) in [7, 11) is 0. The molecule has 1 aliphatic heterocycles. The third kappa shape index (κ3) is 3.83. The highest BCUT2D eigenvalue weighted by Crippen LogP contribution is 2.04. The van der Waals surface area contributed by atoms with E-state index < -0.39 is 0 Å². The SMILES string of the molecule is c1ccc(NCCN2CCCNCC2)cc1. The Bertz CT molecular complexity index is 278.